The summed E-state index contributed by atoms with van der Waals surface area (Å²) in [5, 5.41) is 3.57. The number of hydrogen-bond donors (Lipinski definition) is 1. The third kappa shape index (κ3) is 3.53. The van der Waals surface area contributed by atoms with Crippen molar-refractivity contribution >= 4 is 0 Å². The van der Waals surface area contributed by atoms with Crippen LogP contribution in [0.25, 0.3) is 0 Å². The van der Waals surface area contributed by atoms with Gasteiger partial charge in [0.05, 0.1) is 5.69 Å². The van der Waals surface area contributed by atoms with Crippen LogP contribution >= 0.6 is 0 Å². The normalized spacial score (nSPS) is 25.3. The Morgan fingerprint density at radius 3 is 2.94 bits per heavy atom. The average Bonchev–Trinajstić information content (AvgIpc) is 2.33. The summed E-state index contributed by atoms with van der Waals surface area (Å²) in [4.78, 5) is 7.15. The highest BCUT2D eigenvalue weighted by Gasteiger charge is 2.24. The van der Waals surface area contributed by atoms with Gasteiger partial charge in [-0.2, -0.15) is 0 Å². The van der Waals surface area contributed by atoms with E-state index in [4.69, 9.17) is 0 Å². The molecule has 0 aromatic carbocycles. The predicted octanol–water partition coefficient (Wildman–Crippen LogP) is 2.35. The van der Waals surface area contributed by atoms with Crippen molar-refractivity contribution in [3.63, 3.8) is 0 Å². The van der Waals surface area contributed by atoms with Gasteiger partial charge in [-0.3, -0.25) is 9.88 Å². The van der Waals surface area contributed by atoms with Gasteiger partial charge in [0.2, 0.25) is 0 Å². The Kier molecular flexibility index (Phi) is 4.72. The molecule has 0 bridgehead atoms. The molecular weight excluding hydrogens is 222 g/mol. The highest BCUT2D eigenvalue weighted by molar-refractivity contribution is 5.10. The second-order valence-corrected chi connectivity index (χ2v) is 5.37. The van der Waals surface area contributed by atoms with Crippen LogP contribution in [0, 0.1) is 6.92 Å². The monoisotopic (exact) mass is 247 g/mol. The summed E-state index contributed by atoms with van der Waals surface area (Å²) in [7, 11) is 0. The van der Waals surface area contributed by atoms with Gasteiger partial charge in [0.1, 0.15) is 0 Å². The lowest BCUT2D eigenvalue weighted by Gasteiger charge is -2.37. The van der Waals surface area contributed by atoms with Gasteiger partial charge in [-0.15, -0.1) is 0 Å². The molecule has 100 valence electrons. The maximum absolute atomic E-state index is 4.60. The number of likely N-dealkylation sites (tertiary alicyclic amines) is 1. The number of hydrogen-bond acceptors (Lipinski definition) is 3. The predicted molar refractivity (Wildman–Crippen MR) is 75.5 cm³/mol. The summed E-state index contributed by atoms with van der Waals surface area (Å²) in [6, 6.07) is 7.64. The topological polar surface area (TPSA) is 28.2 Å². The summed E-state index contributed by atoms with van der Waals surface area (Å²) in [6.07, 6.45) is 2.50. The molecule has 2 unspecified atom stereocenters. The second kappa shape index (κ2) is 6.30. The molecule has 3 nitrogen and oxygen atoms in total. The van der Waals surface area contributed by atoms with Gasteiger partial charge >= 0.3 is 0 Å². The molecule has 1 aromatic heterocycles. The highest BCUT2D eigenvalue weighted by Crippen LogP contribution is 2.19. The first-order valence-corrected chi connectivity index (χ1v) is 7.09. The molecule has 1 aliphatic heterocycles. The zero-order valence-electron chi connectivity index (χ0n) is 11.8. The SMILES string of the molecule is CCNC1CCN(Cc2cccc(C)n2)C(C)C1. The van der Waals surface area contributed by atoms with Gasteiger partial charge in [0, 0.05) is 30.9 Å². The molecule has 0 saturated carbocycles. The Bertz CT molecular complexity index is 378. The highest BCUT2D eigenvalue weighted by atomic mass is 15.2. The minimum Gasteiger partial charge on any atom is -0.314 e. The van der Waals surface area contributed by atoms with Gasteiger partial charge in [-0.25, -0.2) is 0 Å². The Morgan fingerprint density at radius 1 is 1.44 bits per heavy atom. The van der Waals surface area contributed by atoms with Crippen molar-refractivity contribution in [3.05, 3.63) is 29.6 Å². The standard InChI is InChI=1S/C15H25N3/c1-4-16-14-8-9-18(13(3)10-14)11-15-7-5-6-12(2)17-15/h5-7,13-14,16H,4,8-11H2,1-3H3. The van der Waals surface area contributed by atoms with Crippen molar-refractivity contribution in [2.45, 2.75) is 52.2 Å². The molecule has 1 saturated heterocycles. The van der Waals surface area contributed by atoms with Gasteiger partial charge in [-0.1, -0.05) is 13.0 Å². The van der Waals surface area contributed by atoms with E-state index in [9.17, 15) is 0 Å². The fraction of sp³-hybridized carbons (Fsp3) is 0.667. The summed E-state index contributed by atoms with van der Waals surface area (Å²) in [5.74, 6) is 0. The number of aryl methyl sites for hydroxylation is 1. The van der Waals surface area contributed by atoms with Crippen molar-refractivity contribution in [2.24, 2.45) is 0 Å². The van der Waals surface area contributed by atoms with Crippen molar-refractivity contribution < 1.29 is 0 Å². The molecule has 0 radical (unpaired) electrons. The number of aromatic nitrogens is 1. The van der Waals surface area contributed by atoms with Crippen LogP contribution in [0.15, 0.2) is 18.2 Å². The molecule has 3 heteroatoms. The van der Waals surface area contributed by atoms with E-state index >= 15 is 0 Å². The van der Waals surface area contributed by atoms with Crippen LogP contribution in [-0.2, 0) is 6.54 Å². The van der Waals surface area contributed by atoms with Crippen LogP contribution in [0.5, 0.6) is 0 Å². The molecule has 0 aliphatic carbocycles. The van der Waals surface area contributed by atoms with Gasteiger partial charge in [0.15, 0.2) is 0 Å². The van der Waals surface area contributed by atoms with E-state index in [2.05, 4.69) is 54.2 Å². The molecule has 2 heterocycles. The van der Waals surface area contributed by atoms with Crippen molar-refractivity contribution in [3.8, 4) is 0 Å². The lowest BCUT2D eigenvalue weighted by atomic mass is 9.98. The van der Waals surface area contributed by atoms with E-state index in [0.717, 1.165) is 18.8 Å². The Morgan fingerprint density at radius 2 is 2.28 bits per heavy atom. The lowest BCUT2D eigenvalue weighted by molar-refractivity contribution is 0.128. The Hall–Kier alpha value is -0.930. The molecule has 1 aromatic rings. The third-order valence-electron chi connectivity index (χ3n) is 3.82. The maximum atomic E-state index is 4.60. The Balaban J connectivity index is 1.91. The largest absolute Gasteiger partial charge is 0.314 e. The van der Waals surface area contributed by atoms with Gasteiger partial charge in [0.25, 0.3) is 0 Å². The molecule has 2 atom stereocenters. The van der Waals surface area contributed by atoms with Crippen LogP contribution in [0.2, 0.25) is 0 Å². The molecule has 0 amide bonds. The zero-order chi connectivity index (χ0) is 13.0. The summed E-state index contributed by atoms with van der Waals surface area (Å²) in [6.45, 7) is 9.82. The maximum Gasteiger partial charge on any atom is 0.0547 e. The van der Waals surface area contributed by atoms with Gasteiger partial charge in [-0.05, 0) is 45.4 Å². The quantitative estimate of drug-likeness (QED) is 0.885. The number of piperidine rings is 1. The van der Waals surface area contributed by atoms with Crippen LogP contribution in [0.1, 0.15) is 38.1 Å². The zero-order valence-corrected chi connectivity index (χ0v) is 11.8. The Labute approximate surface area is 111 Å². The van der Waals surface area contributed by atoms with E-state index in [1.165, 1.54) is 25.1 Å². The van der Waals surface area contributed by atoms with Crippen LogP contribution in [-0.4, -0.2) is 35.1 Å². The third-order valence-corrected chi connectivity index (χ3v) is 3.82. The molecule has 1 fully saturated rings. The molecule has 18 heavy (non-hydrogen) atoms. The van der Waals surface area contributed by atoms with Crippen molar-refractivity contribution in [2.75, 3.05) is 13.1 Å². The molecule has 0 spiro atoms. The summed E-state index contributed by atoms with van der Waals surface area (Å²) in [5.41, 5.74) is 2.31. The van der Waals surface area contributed by atoms with E-state index < -0.39 is 0 Å². The number of rotatable bonds is 4. The molecule has 2 rings (SSSR count). The fourth-order valence-corrected chi connectivity index (χ4v) is 2.83. The fourth-order valence-electron chi connectivity index (χ4n) is 2.83. The smallest absolute Gasteiger partial charge is 0.0547 e. The molecule has 1 N–H and O–H groups in total. The first kappa shape index (κ1) is 13.5. The van der Waals surface area contributed by atoms with Gasteiger partial charge < -0.3 is 5.32 Å². The molecule has 1 aliphatic rings. The number of nitrogens with one attached hydrogen (secondary N) is 1. The van der Waals surface area contributed by atoms with E-state index in [1.54, 1.807) is 0 Å². The minimum absolute atomic E-state index is 0.644. The number of nitrogens with zero attached hydrogens (tertiary/aromatic N) is 2. The van der Waals surface area contributed by atoms with Crippen molar-refractivity contribution in [1.82, 2.24) is 15.2 Å². The first-order chi connectivity index (χ1) is 8.69. The van der Waals surface area contributed by atoms with E-state index in [-0.39, 0.29) is 0 Å². The van der Waals surface area contributed by atoms with Crippen LogP contribution < -0.4 is 5.32 Å². The second-order valence-electron chi connectivity index (χ2n) is 5.37. The molecular formula is C15H25N3. The lowest BCUT2D eigenvalue weighted by Crippen LogP contribution is -2.47. The summed E-state index contributed by atoms with van der Waals surface area (Å²) < 4.78 is 0. The minimum atomic E-state index is 0.644. The van der Waals surface area contributed by atoms with Crippen molar-refractivity contribution in [1.29, 1.82) is 0 Å². The average molecular weight is 247 g/mol. The van der Waals surface area contributed by atoms with E-state index in [1.807, 2.05) is 0 Å². The number of pyridine rings is 1. The van der Waals surface area contributed by atoms with Crippen LogP contribution in [0.3, 0.4) is 0 Å². The first-order valence-electron chi connectivity index (χ1n) is 7.09. The van der Waals surface area contributed by atoms with E-state index in [0.29, 0.717) is 12.1 Å². The summed E-state index contributed by atoms with van der Waals surface area (Å²) >= 11 is 0. The van der Waals surface area contributed by atoms with Crippen LogP contribution in [0.4, 0.5) is 0 Å².